The molecule has 14 heavy (non-hydrogen) atoms. The maximum absolute atomic E-state index is 12.0. The van der Waals surface area contributed by atoms with Gasteiger partial charge in [-0.2, -0.15) is 0 Å². The van der Waals surface area contributed by atoms with Crippen LogP contribution in [0.4, 0.5) is 13.2 Å². The Morgan fingerprint density at radius 1 is 1.36 bits per heavy atom. The summed E-state index contributed by atoms with van der Waals surface area (Å²) in [6, 6.07) is 4.58. The number of para-hydroxylation sites is 1. The molecule has 0 N–H and O–H groups in total. The predicted octanol–water partition coefficient (Wildman–Crippen LogP) is 3.53. The summed E-state index contributed by atoms with van der Waals surface area (Å²) >= 11 is 1.76. The summed E-state index contributed by atoms with van der Waals surface area (Å²) in [5.41, 5.74) is 0.203. The van der Waals surface area contributed by atoms with E-state index < -0.39 is 6.36 Å². The minimum Gasteiger partial charge on any atom is -0.404 e. The number of ether oxygens (including phenoxy) is 1. The van der Waals surface area contributed by atoms with Crippen molar-refractivity contribution in [2.24, 2.45) is 0 Å². The molecular formula is C9H5F3IO. The minimum atomic E-state index is -4.69. The van der Waals surface area contributed by atoms with E-state index >= 15 is 0 Å². The molecule has 1 aromatic carbocycles. The Morgan fingerprint density at radius 3 is 2.50 bits per heavy atom. The highest BCUT2D eigenvalue weighted by atomic mass is 127. The molecule has 0 heterocycles. The third kappa shape index (κ3) is 2.90. The third-order valence-corrected chi connectivity index (χ3v) is 2.22. The SMILES string of the molecule is C=[C]c1cccc(I)c1OC(F)(F)F. The lowest BCUT2D eigenvalue weighted by Gasteiger charge is -2.12. The van der Waals surface area contributed by atoms with Crippen LogP contribution < -0.4 is 4.74 Å². The lowest BCUT2D eigenvalue weighted by molar-refractivity contribution is -0.275. The molecule has 0 spiro atoms. The summed E-state index contributed by atoms with van der Waals surface area (Å²) < 4.78 is 40.1. The summed E-state index contributed by atoms with van der Waals surface area (Å²) in [6.07, 6.45) is -2.31. The van der Waals surface area contributed by atoms with Gasteiger partial charge < -0.3 is 4.74 Å². The molecule has 0 saturated heterocycles. The Hall–Kier alpha value is -0.720. The molecule has 0 aliphatic heterocycles. The van der Waals surface area contributed by atoms with Gasteiger partial charge in [0.25, 0.3) is 0 Å². The molecule has 0 aromatic heterocycles. The first-order valence-corrected chi connectivity index (χ1v) is 4.59. The number of benzene rings is 1. The van der Waals surface area contributed by atoms with Gasteiger partial charge in [-0.1, -0.05) is 18.7 Å². The van der Waals surface area contributed by atoms with Crippen LogP contribution in [0.15, 0.2) is 24.8 Å². The summed E-state index contributed by atoms with van der Waals surface area (Å²) in [5, 5.41) is 0. The monoisotopic (exact) mass is 313 g/mol. The van der Waals surface area contributed by atoms with Crippen molar-refractivity contribution in [2.45, 2.75) is 6.36 Å². The van der Waals surface area contributed by atoms with Gasteiger partial charge in [0.15, 0.2) is 5.75 Å². The van der Waals surface area contributed by atoms with Gasteiger partial charge in [-0.3, -0.25) is 0 Å². The van der Waals surface area contributed by atoms with E-state index in [0.29, 0.717) is 3.57 Å². The standard InChI is InChI=1S/C9H5F3IO/c1-2-6-4-3-5-7(13)8(6)14-9(10,11)12/h3-5H,1H2. The number of rotatable bonds is 2. The Kier molecular flexibility index (Phi) is 3.41. The van der Waals surface area contributed by atoms with Crippen LogP contribution in [-0.4, -0.2) is 6.36 Å². The maximum atomic E-state index is 12.0. The molecule has 0 unspecified atom stereocenters. The van der Waals surface area contributed by atoms with Crippen LogP contribution in [0.2, 0.25) is 0 Å². The first-order chi connectivity index (χ1) is 6.44. The molecule has 0 aliphatic carbocycles. The molecule has 1 aromatic rings. The fraction of sp³-hybridized carbons (Fsp3) is 0.111. The zero-order valence-electron chi connectivity index (χ0n) is 6.86. The lowest BCUT2D eigenvalue weighted by atomic mass is 10.2. The van der Waals surface area contributed by atoms with Gasteiger partial charge in [-0.25, -0.2) is 0 Å². The Labute approximate surface area is 92.7 Å². The second kappa shape index (κ2) is 4.20. The normalized spacial score (nSPS) is 11.1. The van der Waals surface area contributed by atoms with Crippen LogP contribution in [0, 0.1) is 9.65 Å². The fourth-order valence-corrected chi connectivity index (χ4v) is 1.48. The van der Waals surface area contributed by atoms with Crippen molar-refractivity contribution >= 4 is 22.6 Å². The van der Waals surface area contributed by atoms with E-state index in [0.717, 1.165) is 0 Å². The first-order valence-electron chi connectivity index (χ1n) is 3.51. The quantitative estimate of drug-likeness (QED) is 0.759. The predicted molar refractivity (Wildman–Crippen MR) is 53.8 cm³/mol. The van der Waals surface area contributed by atoms with Crippen molar-refractivity contribution in [2.75, 3.05) is 0 Å². The van der Waals surface area contributed by atoms with Gasteiger partial charge in [0.1, 0.15) is 0 Å². The summed E-state index contributed by atoms with van der Waals surface area (Å²) in [4.78, 5) is 0. The fourth-order valence-electron chi connectivity index (χ4n) is 0.868. The lowest BCUT2D eigenvalue weighted by Crippen LogP contribution is -2.18. The van der Waals surface area contributed by atoms with Gasteiger partial charge in [0.2, 0.25) is 0 Å². The van der Waals surface area contributed by atoms with Gasteiger partial charge >= 0.3 is 6.36 Å². The molecule has 1 rings (SSSR count). The zero-order chi connectivity index (χ0) is 10.8. The maximum Gasteiger partial charge on any atom is 0.573 e. The van der Waals surface area contributed by atoms with Crippen molar-refractivity contribution in [3.05, 3.63) is 40.0 Å². The smallest absolute Gasteiger partial charge is 0.404 e. The molecular weight excluding hydrogens is 308 g/mol. The highest BCUT2D eigenvalue weighted by molar-refractivity contribution is 14.1. The Bertz CT molecular complexity index is 346. The molecule has 75 valence electrons. The van der Waals surface area contributed by atoms with Gasteiger partial charge in [-0.15, -0.1) is 13.2 Å². The Balaban J connectivity index is 3.11. The van der Waals surface area contributed by atoms with E-state index in [9.17, 15) is 13.2 Å². The topological polar surface area (TPSA) is 9.23 Å². The Morgan fingerprint density at radius 2 is 2.00 bits per heavy atom. The third-order valence-electron chi connectivity index (χ3n) is 1.38. The van der Waals surface area contributed by atoms with E-state index in [1.807, 2.05) is 0 Å². The van der Waals surface area contributed by atoms with E-state index in [1.165, 1.54) is 12.1 Å². The summed E-state index contributed by atoms with van der Waals surface area (Å²) in [7, 11) is 0. The number of alkyl halides is 3. The van der Waals surface area contributed by atoms with Crippen molar-refractivity contribution in [1.82, 2.24) is 0 Å². The highest BCUT2D eigenvalue weighted by Gasteiger charge is 2.32. The second-order valence-corrected chi connectivity index (χ2v) is 3.50. The largest absolute Gasteiger partial charge is 0.573 e. The number of hydrogen-bond donors (Lipinski definition) is 0. The first kappa shape index (κ1) is 11.4. The van der Waals surface area contributed by atoms with Gasteiger partial charge in [-0.05, 0) is 34.7 Å². The van der Waals surface area contributed by atoms with Crippen molar-refractivity contribution in [1.29, 1.82) is 0 Å². The van der Waals surface area contributed by atoms with Crippen LogP contribution >= 0.6 is 22.6 Å². The van der Waals surface area contributed by atoms with Crippen LogP contribution in [-0.2, 0) is 0 Å². The highest BCUT2D eigenvalue weighted by Crippen LogP contribution is 2.30. The van der Waals surface area contributed by atoms with E-state index in [-0.39, 0.29) is 11.3 Å². The van der Waals surface area contributed by atoms with Crippen LogP contribution in [0.25, 0.3) is 0 Å². The van der Waals surface area contributed by atoms with E-state index in [1.54, 1.807) is 28.7 Å². The average molecular weight is 313 g/mol. The second-order valence-electron chi connectivity index (χ2n) is 2.34. The van der Waals surface area contributed by atoms with Crippen molar-refractivity contribution < 1.29 is 17.9 Å². The van der Waals surface area contributed by atoms with Gasteiger partial charge in [0.05, 0.1) is 3.57 Å². The summed E-state index contributed by atoms with van der Waals surface area (Å²) in [6.45, 7) is 3.29. The molecule has 0 saturated carbocycles. The molecule has 0 fully saturated rings. The van der Waals surface area contributed by atoms with Crippen LogP contribution in [0.3, 0.4) is 0 Å². The molecule has 1 nitrogen and oxygen atoms in total. The molecule has 0 atom stereocenters. The van der Waals surface area contributed by atoms with Gasteiger partial charge in [0, 0.05) is 5.56 Å². The average Bonchev–Trinajstić information content (AvgIpc) is 2.06. The van der Waals surface area contributed by atoms with E-state index in [2.05, 4.69) is 17.4 Å². The molecule has 0 amide bonds. The van der Waals surface area contributed by atoms with Crippen molar-refractivity contribution in [3.63, 3.8) is 0 Å². The number of halogens is 4. The molecule has 1 radical (unpaired) electrons. The molecule has 0 bridgehead atoms. The molecule has 0 aliphatic rings. The number of hydrogen-bond acceptors (Lipinski definition) is 1. The molecule has 5 heteroatoms. The van der Waals surface area contributed by atoms with Crippen LogP contribution in [0.5, 0.6) is 5.75 Å². The van der Waals surface area contributed by atoms with Crippen LogP contribution in [0.1, 0.15) is 5.56 Å². The van der Waals surface area contributed by atoms with E-state index in [4.69, 9.17) is 0 Å². The van der Waals surface area contributed by atoms with Crippen molar-refractivity contribution in [3.8, 4) is 5.75 Å². The summed E-state index contributed by atoms with van der Waals surface area (Å²) in [5.74, 6) is -0.254. The zero-order valence-corrected chi connectivity index (χ0v) is 9.02. The minimum absolute atomic E-state index is 0.203.